The van der Waals surface area contributed by atoms with Gasteiger partial charge in [0, 0.05) is 30.7 Å². The van der Waals surface area contributed by atoms with E-state index in [0.29, 0.717) is 12.6 Å². The van der Waals surface area contributed by atoms with Crippen molar-refractivity contribution in [3.05, 3.63) is 47.0 Å². The lowest BCUT2D eigenvalue weighted by atomic mass is 10.1. The molecule has 0 saturated heterocycles. The van der Waals surface area contributed by atoms with Gasteiger partial charge >= 0.3 is 0 Å². The van der Waals surface area contributed by atoms with Crippen LogP contribution in [0.3, 0.4) is 0 Å². The minimum Gasteiger partial charge on any atom is -0.329 e. The van der Waals surface area contributed by atoms with Gasteiger partial charge in [0.1, 0.15) is 0 Å². The van der Waals surface area contributed by atoms with E-state index in [2.05, 4.69) is 23.1 Å². The van der Waals surface area contributed by atoms with E-state index < -0.39 is 0 Å². The highest BCUT2D eigenvalue weighted by molar-refractivity contribution is 6.30. The van der Waals surface area contributed by atoms with Crippen LogP contribution < -0.4 is 5.73 Å². The van der Waals surface area contributed by atoms with Crippen LogP contribution in [0.25, 0.3) is 0 Å². The molecule has 0 aliphatic carbocycles. The van der Waals surface area contributed by atoms with Gasteiger partial charge in [-0.2, -0.15) is 0 Å². The van der Waals surface area contributed by atoms with Gasteiger partial charge in [0.2, 0.25) is 0 Å². The molecule has 2 nitrogen and oxygen atoms in total. The van der Waals surface area contributed by atoms with Gasteiger partial charge in [0.15, 0.2) is 0 Å². The van der Waals surface area contributed by atoms with E-state index in [1.165, 1.54) is 5.56 Å². The van der Waals surface area contributed by atoms with Crippen LogP contribution in [0.15, 0.2) is 36.4 Å². The van der Waals surface area contributed by atoms with Crippen LogP contribution in [0.2, 0.25) is 5.02 Å². The predicted molar refractivity (Wildman–Crippen MR) is 68.5 cm³/mol. The quantitative estimate of drug-likeness (QED) is 0.817. The fourth-order valence-electron chi connectivity index (χ4n) is 2.07. The molecule has 1 aliphatic rings. The van der Waals surface area contributed by atoms with E-state index in [-0.39, 0.29) is 0 Å². The Balaban J connectivity index is 2.06. The second kappa shape index (κ2) is 5.48. The van der Waals surface area contributed by atoms with Gasteiger partial charge < -0.3 is 5.73 Å². The molecular weight excluding hydrogens is 220 g/mol. The molecule has 0 amide bonds. The van der Waals surface area contributed by atoms with Gasteiger partial charge in [-0.15, -0.1) is 0 Å². The van der Waals surface area contributed by atoms with Crippen LogP contribution in [0.4, 0.5) is 0 Å². The van der Waals surface area contributed by atoms with E-state index in [4.69, 9.17) is 17.3 Å². The highest BCUT2D eigenvalue weighted by Crippen LogP contribution is 2.16. The van der Waals surface area contributed by atoms with E-state index in [1.807, 2.05) is 18.2 Å². The smallest absolute Gasteiger partial charge is 0.0409 e. The van der Waals surface area contributed by atoms with E-state index in [0.717, 1.165) is 24.5 Å². The molecule has 1 aliphatic heterocycles. The molecule has 3 heteroatoms. The van der Waals surface area contributed by atoms with Crippen LogP contribution in [-0.4, -0.2) is 24.0 Å². The fraction of sp³-hybridized carbons (Fsp3) is 0.385. The highest BCUT2D eigenvalue weighted by atomic mass is 35.5. The molecule has 0 spiro atoms. The third-order valence-electron chi connectivity index (χ3n) is 2.93. The van der Waals surface area contributed by atoms with Gasteiger partial charge in [-0.3, -0.25) is 4.90 Å². The summed E-state index contributed by atoms with van der Waals surface area (Å²) >= 11 is 5.98. The average Bonchev–Trinajstić information content (AvgIpc) is 2.30. The van der Waals surface area contributed by atoms with Crippen molar-refractivity contribution in [2.24, 2.45) is 5.73 Å². The Labute approximate surface area is 102 Å². The van der Waals surface area contributed by atoms with Crippen LogP contribution in [0.5, 0.6) is 0 Å². The molecule has 16 heavy (non-hydrogen) atoms. The van der Waals surface area contributed by atoms with E-state index in [9.17, 15) is 0 Å². The first-order valence-electron chi connectivity index (χ1n) is 5.65. The number of rotatable bonds is 3. The molecule has 0 radical (unpaired) electrons. The van der Waals surface area contributed by atoms with E-state index in [1.54, 1.807) is 0 Å². The summed E-state index contributed by atoms with van der Waals surface area (Å²) in [6.45, 7) is 2.68. The zero-order chi connectivity index (χ0) is 11.4. The number of hydrogen-bond acceptors (Lipinski definition) is 2. The summed E-state index contributed by atoms with van der Waals surface area (Å²) in [5.74, 6) is 0. The first kappa shape index (κ1) is 11.6. The highest BCUT2D eigenvalue weighted by Gasteiger charge is 2.16. The molecule has 0 saturated carbocycles. The van der Waals surface area contributed by atoms with Crippen LogP contribution in [0.1, 0.15) is 12.0 Å². The summed E-state index contributed by atoms with van der Waals surface area (Å²) in [5, 5.41) is 0.800. The van der Waals surface area contributed by atoms with Crippen molar-refractivity contribution in [3.63, 3.8) is 0 Å². The zero-order valence-corrected chi connectivity index (χ0v) is 10.0. The molecule has 1 heterocycles. The summed E-state index contributed by atoms with van der Waals surface area (Å²) in [7, 11) is 0. The van der Waals surface area contributed by atoms with Crippen molar-refractivity contribution in [3.8, 4) is 0 Å². The molecule has 0 fully saturated rings. The summed E-state index contributed by atoms with van der Waals surface area (Å²) in [4.78, 5) is 2.39. The Morgan fingerprint density at radius 3 is 3.06 bits per heavy atom. The van der Waals surface area contributed by atoms with Crippen molar-refractivity contribution < 1.29 is 0 Å². The predicted octanol–water partition coefficient (Wildman–Crippen LogP) is 2.43. The largest absolute Gasteiger partial charge is 0.329 e. The second-order valence-electron chi connectivity index (χ2n) is 4.12. The number of hydrogen-bond donors (Lipinski definition) is 1. The third-order valence-corrected chi connectivity index (χ3v) is 3.16. The first-order valence-corrected chi connectivity index (χ1v) is 6.02. The Kier molecular flexibility index (Phi) is 3.99. The number of nitrogens with two attached hydrogens (primary N) is 1. The molecular formula is C13H17ClN2. The number of halogens is 1. The maximum atomic E-state index is 5.98. The molecule has 0 bridgehead atoms. The summed E-state index contributed by atoms with van der Waals surface area (Å²) < 4.78 is 0. The normalized spacial score (nSPS) is 21.2. The van der Waals surface area contributed by atoms with Gasteiger partial charge in [-0.25, -0.2) is 0 Å². The average molecular weight is 237 g/mol. The maximum absolute atomic E-state index is 5.98. The van der Waals surface area contributed by atoms with Crippen LogP contribution in [0, 0.1) is 0 Å². The van der Waals surface area contributed by atoms with Gasteiger partial charge in [0.25, 0.3) is 0 Å². The summed E-state index contributed by atoms with van der Waals surface area (Å²) in [5.41, 5.74) is 7.01. The van der Waals surface area contributed by atoms with Crippen molar-refractivity contribution in [1.82, 2.24) is 4.90 Å². The first-order chi connectivity index (χ1) is 7.79. The van der Waals surface area contributed by atoms with Gasteiger partial charge in [-0.1, -0.05) is 35.9 Å². The minimum absolute atomic E-state index is 0.368. The molecule has 2 rings (SSSR count). The Hall–Kier alpha value is -0.830. The van der Waals surface area contributed by atoms with Gasteiger partial charge in [0.05, 0.1) is 0 Å². The molecule has 1 unspecified atom stereocenters. The molecule has 1 atom stereocenters. The fourth-order valence-corrected chi connectivity index (χ4v) is 2.29. The van der Waals surface area contributed by atoms with Crippen LogP contribution >= 0.6 is 11.6 Å². The Morgan fingerprint density at radius 2 is 2.31 bits per heavy atom. The standard InChI is InChI=1S/C13H17ClN2/c14-12-5-3-4-11(8-12)10-16-7-2-1-6-13(16)9-15/h1,3-6,8,13H,2,7,9-10,15H2. The lowest BCUT2D eigenvalue weighted by Gasteiger charge is -2.31. The van der Waals surface area contributed by atoms with Crippen molar-refractivity contribution in [2.75, 3.05) is 13.1 Å². The van der Waals surface area contributed by atoms with Crippen LogP contribution in [-0.2, 0) is 6.54 Å². The van der Waals surface area contributed by atoms with Crippen molar-refractivity contribution >= 4 is 11.6 Å². The lowest BCUT2D eigenvalue weighted by molar-refractivity contribution is 0.218. The Bertz CT molecular complexity index is 376. The van der Waals surface area contributed by atoms with Crippen molar-refractivity contribution in [2.45, 2.75) is 19.0 Å². The van der Waals surface area contributed by atoms with E-state index >= 15 is 0 Å². The maximum Gasteiger partial charge on any atom is 0.0409 e. The SMILES string of the molecule is NCC1C=CCCN1Cc1cccc(Cl)c1. The molecule has 86 valence electrons. The monoisotopic (exact) mass is 236 g/mol. The van der Waals surface area contributed by atoms with Gasteiger partial charge in [-0.05, 0) is 24.1 Å². The second-order valence-corrected chi connectivity index (χ2v) is 4.56. The number of benzene rings is 1. The number of nitrogens with zero attached hydrogens (tertiary/aromatic N) is 1. The lowest BCUT2D eigenvalue weighted by Crippen LogP contribution is -2.41. The summed E-state index contributed by atoms with van der Waals surface area (Å²) in [6, 6.07) is 8.40. The topological polar surface area (TPSA) is 29.3 Å². The minimum atomic E-state index is 0.368. The molecule has 1 aromatic carbocycles. The molecule has 2 N–H and O–H groups in total. The van der Waals surface area contributed by atoms with Crippen molar-refractivity contribution in [1.29, 1.82) is 0 Å². The Morgan fingerprint density at radius 1 is 1.44 bits per heavy atom. The molecule has 0 aromatic heterocycles. The third kappa shape index (κ3) is 2.85. The molecule has 1 aromatic rings. The zero-order valence-electron chi connectivity index (χ0n) is 9.27. The summed E-state index contributed by atoms with van der Waals surface area (Å²) in [6.07, 6.45) is 5.52.